The van der Waals surface area contributed by atoms with Gasteiger partial charge in [0.05, 0.1) is 0 Å². The van der Waals surface area contributed by atoms with Gasteiger partial charge in [-0.2, -0.15) is 0 Å². The minimum absolute atomic E-state index is 0.292. The highest BCUT2D eigenvalue weighted by Gasteiger charge is 2.02. The van der Waals surface area contributed by atoms with Gasteiger partial charge in [0.2, 0.25) is 0 Å². The first kappa shape index (κ1) is 14.2. The molecule has 0 bridgehead atoms. The molecule has 0 saturated heterocycles. The summed E-state index contributed by atoms with van der Waals surface area (Å²) >= 11 is 0. The molecule has 0 atom stereocenters. The topological polar surface area (TPSA) is 49.3 Å². The first-order valence-corrected chi connectivity index (χ1v) is 6.05. The Balaban J connectivity index is 2.72. The van der Waals surface area contributed by atoms with E-state index in [1.54, 1.807) is 12.1 Å². The normalized spacial score (nSPS) is 10.8. The van der Waals surface area contributed by atoms with Crippen molar-refractivity contribution in [1.29, 1.82) is 0 Å². The molecule has 18 heavy (non-hydrogen) atoms. The van der Waals surface area contributed by atoms with E-state index < -0.39 is 5.97 Å². The van der Waals surface area contributed by atoms with E-state index in [1.165, 1.54) is 12.1 Å². The van der Waals surface area contributed by atoms with Gasteiger partial charge in [-0.25, -0.2) is 9.18 Å². The van der Waals surface area contributed by atoms with Crippen molar-refractivity contribution in [2.75, 3.05) is 11.9 Å². The summed E-state index contributed by atoms with van der Waals surface area (Å²) in [6.45, 7) is 2.87. The fourth-order valence-electron chi connectivity index (χ4n) is 1.58. The lowest BCUT2D eigenvalue weighted by molar-refractivity contribution is -0.131. The summed E-state index contributed by atoms with van der Waals surface area (Å²) in [4.78, 5) is 10.4. The molecule has 4 heteroatoms. The number of hydrogen-bond donors (Lipinski definition) is 2. The van der Waals surface area contributed by atoms with Crippen LogP contribution < -0.4 is 5.32 Å². The van der Waals surface area contributed by atoms with Gasteiger partial charge in [0.25, 0.3) is 0 Å². The van der Waals surface area contributed by atoms with Crippen molar-refractivity contribution >= 4 is 11.7 Å². The van der Waals surface area contributed by atoms with Crippen LogP contribution in [0.15, 0.2) is 30.4 Å². The Morgan fingerprint density at radius 3 is 2.94 bits per heavy atom. The highest BCUT2D eigenvalue weighted by atomic mass is 19.1. The smallest absolute Gasteiger partial charge is 0.327 e. The third-order valence-corrected chi connectivity index (χ3v) is 2.52. The van der Waals surface area contributed by atoms with Crippen LogP contribution in [0.5, 0.6) is 0 Å². The summed E-state index contributed by atoms with van der Waals surface area (Å²) in [5.41, 5.74) is 1.63. The third-order valence-electron chi connectivity index (χ3n) is 2.52. The van der Waals surface area contributed by atoms with Crippen LogP contribution in [-0.2, 0) is 11.2 Å². The van der Waals surface area contributed by atoms with E-state index >= 15 is 0 Å². The Bertz CT molecular complexity index is 430. The van der Waals surface area contributed by atoms with Crippen molar-refractivity contribution in [3.63, 3.8) is 0 Å². The fourth-order valence-corrected chi connectivity index (χ4v) is 1.58. The van der Waals surface area contributed by atoms with Crippen LogP contribution in [0.2, 0.25) is 0 Å². The van der Waals surface area contributed by atoms with Crippen molar-refractivity contribution < 1.29 is 14.3 Å². The standard InChI is InChI=1S/C14H18FNO2/c1-2-3-9-16-13-10-12(15)8-7-11(13)5-4-6-14(17)18/h4,6-8,10,16H,2-3,5,9H2,1H3,(H,17,18). The Kier molecular flexibility index (Phi) is 5.91. The second-order valence-electron chi connectivity index (χ2n) is 4.03. The molecular formula is C14H18FNO2. The summed E-state index contributed by atoms with van der Waals surface area (Å²) in [5.74, 6) is -1.27. The molecular weight excluding hydrogens is 233 g/mol. The molecule has 0 amide bonds. The van der Waals surface area contributed by atoms with Gasteiger partial charge in [-0.3, -0.25) is 0 Å². The van der Waals surface area contributed by atoms with Gasteiger partial charge in [0.15, 0.2) is 0 Å². The molecule has 3 nitrogen and oxygen atoms in total. The lowest BCUT2D eigenvalue weighted by Crippen LogP contribution is -2.04. The van der Waals surface area contributed by atoms with Crippen LogP contribution in [0.1, 0.15) is 25.3 Å². The lowest BCUT2D eigenvalue weighted by atomic mass is 10.1. The third kappa shape index (κ3) is 4.99. The molecule has 98 valence electrons. The maximum atomic E-state index is 13.2. The molecule has 2 N–H and O–H groups in total. The number of carboxylic acids is 1. The van der Waals surface area contributed by atoms with E-state index in [0.717, 1.165) is 36.7 Å². The van der Waals surface area contributed by atoms with Crippen LogP contribution in [0.3, 0.4) is 0 Å². The number of benzene rings is 1. The predicted molar refractivity (Wildman–Crippen MR) is 70.3 cm³/mol. The fraction of sp³-hybridized carbons (Fsp3) is 0.357. The number of nitrogens with one attached hydrogen (secondary N) is 1. The molecule has 0 radical (unpaired) electrons. The molecule has 0 unspecified atom stereocenters. The number of hydrogen-bond acceptors (Lipinski definition) is 2. The SMILES string of the molecule is CCCCNc1cc(F)ccc1CC=CC(=O)O. The Labute approximate surface area is 106 Å². The van der Waals surface area contributed by atoms with Crippen LogP contribution in [0, 0.1) is 5.82 Å². The van der Waals surface area contributed by atoms with E-state index in [2.05, 4.69) is 12.2 Å². The number of halogens is 1. The van der Waals surface area contributed by atoms with Crippen molar-refractivity contribution in [3.8, 4) is 0 Å². The molecule has 1 aromatic carbocycles. The number of unbranched alkanes of at least 4 members (excludes halogenated alkanes) is 1. The van der Waals surface area contributed by atoms with Crippen LogP contribution >= 0.6 is 0 Å². The first-order valence-electron chi connectivity index (χ1n) is 6.05. The van der Waals surface area contributed by atoms with Crippen LogP contribution in [0.25, 0.3) is 0 Å². The summed E-state index contributed by atoms with van der Waals surface area (Å²) in [7, 11) is 0. The maximum Gasteiger partial charge on any atom is 0.327 e. The number of aliphatic carboxylic acids is 1. The van der Waals surface area contributed by atoms with Gasteiger partial charge < -0.3 is 10.4 Å². The maximum absolute atomic E-state index is 13.2. The lowest BCUT2D eigenvalue weighted by Gasteiger charge is -2.10. The summed E-state index contributed by atoms with van der Waals surface area (Å²) in [6.07, 6.45) is 5.21. The first-order chi connectivity index (χ1) is 8.63. The van der Waals surface area contributed by atoms with Crippen molar-refractivity contribution in [2.24, 2.45) is 0 Å². The number of anilines is 1. The van der Waals surface area contributed by atoms with Gasteiger partial charge >= 0.3 is 5.97 Å². The Hall–Kier alpha value is -1.84. The summed E-state index contributed by atoms with van der Waals surface area (Å²) in [6, 6.07) is 4.50. The monoisotopic (exact) mass is 251 g/mol. The van der Waals surface area contributed by atoms with Gasteiger partial charge in [-0.15, -0.1) is 0 Å². The van der Waals surface area contributed by atoms with E-state index in [-0.39, 0.29) is 5.82 Å². The predicted octanol–water partition coefficient (Wildman–Crippen LogP) is 3.22. The van der Waals surface area contributed by atoms with Crippen molar-refractivity contribution in [3.05, 3.63) is 41.7 Å². The van der Waals surface area contributed by atoms with Crippen molar-refractivity contribution in [1.82, 2.24) is 0 Å². The zero-order valence-corrected chi connectivity index (χ0v) is 10.4. The minimum atomic E-state index is -0.974. The highest BCUT2D eigenvalue weighted by molar-refractivity contribution is 5.79. The molecule has 0 fully saturated rings. The zero-order valence-electron chi connectivity index (χ0n) is 10.4. The molecule has 0 spiro atoms. The van der Waals surface area contributed by atoms with Crippen LogP contribution in [-0.4, -0.2) is 17.6 Å². The average molecular weight is 251 g/mol. The zero-order chi connectivity index (χ0) is 13.4. The van der Waals surface area contributed by atoms with E-state index in [4.69, 9.17) is 5.11 Å². The second-order valence-corrected chi connectivity index (χ2v) is 4.03. The number of carboxylic acid groups (broad SMARTS) is 1. The molecule has 0 aliphatic heterocycles. The van der Waals surface area contributed by atoms with E-state index in [0.29, 0.717) is 6.42 Å². The number of allylic oxidation sites excluding steroid dienone is 1. The number of carbonyl (C=O) groups is 1. The second kappa shape index (κ2) is 7.48. The van der Waals surface area contributed by atoms with E-state index in [9.17, 15) is 9.18 Å². The van der Waals surface area contributed by atoms with Crippen LogP contribution in [0.4, 0.5) is 10.1 Å². The summed E-state index contributed by atoms with van der Waals surface area (Å²) in [5, 5.41) is 11.7. The van der Waals surface area contributed by atoms with Gasteiger partial charge in [-0.1, -0.05) is 25.5 Å². The minimum Gasteiger partial charge on any atom is -0.478 e. The average Bonchev–Trinajstić information content (AvgIpc) is 2.32. The van der Waals surface area contributed by atoms with Crippen molar-refractivity contribution in [2.45, 2.75) is 26.2 Å². The molecule has 1 rings (SSSR count). The quantitative estimate of drug-likeness (QED) is 0.578. The van der Waals surface area contributed by atoms with Gasteiger partial charge in [0.1, 0.15) is 5.82 Å². The molecule has 0 heterocycles. The molecule has 1 aromatic rings. The largest absolute Gasteiger partial charge is 0.478 e. The molecule has 0 saturated carbocycles. The van der Waals surface area contributed by atoms with Gasteiger partial charge in [0, 0.05) is 18.3 Å². The highest BCUT2D eigenvalue weighted by Crippen LogP contribution is 2.18. The molecule has 0 aliphatic carbocycles. The Morgan fingerprint density at radius 2 is 2.28 bits per heavy atom. The summed E-state index contributed by atoms with van der Waals surface area (Å²) < 4.78 is 13.2. The Morgan fingerprint density at radius 1 is 1.50 bits per heavy atom. The molecule has 0 aromatic heterocycles. The van der Waals surface area contributed by atoms with Gasteiger partial charge in [-0.05, 0) is 30.5 Å². The molecule has 0 aliphatic rings. The number of rotatable bonds is 7. The van der Waals surface area contributed by atoms with E-state index in [1.807, 2.05) is 0 Å².